The van der Waals surface area contributed by atoms with Crippen LogP contribution < -0.4 is 5.32 Å². The number of hydrogen-bond donors (Lipinski definition) is 1. The second-order valence-electron chi connectivity index (χ2n) is 4.74. The van der Waals surface area contributed by atoms with Gasteiger partial charge in [0.2, 0.25) is 0 Å². The zero-order chi connectivity index (χ0) is 15.1. The molecule has 112 valence electrons. The third-order valence-electron chi connectivity index (χ3n) is 3.32. The zero-order valence-electron chi connectivity index (χ0n) is 12.5. The Balaban J connectivity index is 1.87. The van der Waals surface area contributed by atoms with Crippen molar-refractivity contribution in [1.29, 1.82) is 0 Å². The Hall–Kier alpha value is -1.72. The van der Waals surface area contributed by atoms with Crippen LogP contribution in [0.3, 0.4) is 0 Å². The van der Waals surface area contributed by atoms with E-state index < -0.39 is 0 Å². The molecule has 0 saturated heterocycles. The Kier molecular flexibility index (Phi) is 5.90. The minimum absolute atomic E-state index is 0.0592. The Morgan fingerprint density at radius 2 is 1.95 bits per heavy atom. The molecule has 1 aromatic heterocycles. The third kappa shape index (κ3) is 4.65. The second-order valence-corrected chi connectivity index (χ2v) is 5.69. The Bertz CT molecular complexity index is 564. The summed E-state index contributed by atoms with van der Waals surface area (Å²) in [7, 11) is 0. The quantitative estimate of drug-likeness (QED) is 0.855. The molecule has 2 rings (SSSR count). The van der Waals surface area contributed by atoms with Crippen LogP contribution >= 0.6 is 11.3 Å². The van der Waals surface area contributed by atoms with Gasteiger partial charge in [0.25, 0.3) is 5.91 Å². The molecule has 0 aliphatic carbocycles. The van der Waals surface area contributed by atoms with Gasteiger partial charge in [0.05, 0.1) is 12.2 Å². The first kappa shape index (κ1) is 15.7. The van der Waals surface area contributed by atoms with Gasteiger partial charge in [-0.2, -0.15) is 0 Å². The molecule has 0 radical (unpaired) electrons. The topological polar surface area (TPSA) is 45.2 Å². The molecular formula is C16H21N3OS. The summed E-state index contributed by atoms with van der Waals surface area (Å²) in [6.45, 7) is 7.70. The van der Waals surface area contributed by atoms with Crippen LogP contribution in [-0.4, -0.2) is 28.9 Å². The fourth-order valence-electron chi connectivity index (χ4n) is 2.03. The van der Waals surface area contributed by atoms with Crippen LogP contribution in [-0.2, 0) is 13.1 Å². The van der Waals surface area contributed by atoms with E-state index in [9.17, 15) is 4.79 Å². The van der Waals surface area contributed by atoms with E-state index in [4.69, 9.17) is 0 Å². The van der Waals surface area contributed by atoms with E-state index in [1.165, 1.54) is 0 Å². The number of carbonyl (C=O) groups excluding carboxylic acids is 1. The molecule has 0 saturated carbocycles. The molecule has 21 heavy (non-hydrogen) atoms. The molecule has 0 bridgehead atoms. The number of carbonyl (C=O) groups is 1. The van der Waals surface area contributed by atoms with Crippen LogP contribution in [0.15, 0.2) is 35.7 Å². The van der Waals surface area contributed by atoms with E-state index >= 15 is 0 Å². The van der Waals surface area contributed by atoms with Gasteiger partial charge in [-0.05, 0) is 25.2 Å². The van der Waals surface area contributed by atoms with Crippen molar-refractivity contribution in [2.75, 3.05) is 13.1 Å². The van der Waals surface area contributed by atoms with Gasteiger partial charge in [0.15, 0.2) is 0 Å². The van der Waals surface area contributed by atoms with Gasteiger partial charge < -0.3 is 5.32 Å². The summed E-state index contributed by atoms with van der Waals surface area (Å²) in [6.07, 6.45) is 0. The van der Waals surface area contributed by atoms with E-state index in [1.807, 2.05) is 30.3 Å². The summed E-state index contributed by atoms with van der Waals surface area (Å²) >= 11 is 1.60. The number of benzene rings is 1. The van der Waals surface area contributed by atoms with Crippen LogP contribution in [0.1, 0.15) is 34.9 Å². The zero-order valence-corrected chi connectivity index (χ0v) is 13.3. The fourth-order valence-corrected chi connectivity index (χ4v) is 2.75. The van der Waals surface area contributed by atoms with Crippen molar-refractivity contribution in [3.63, 3.8) is 0 Å². The lowest BCUT2D eigenvalue weighted by Gasteiger charge is -2.15. The SMILES string of the molecule is CCN(CC)Cc1csc(CNC(=O)c2ccccc2)n1. The minimum Gasteiger partial charge on any atom is -0.346 e. The van der Waals surface area contributed by atoms with E-state index in [0.717, 1.165) is 30.3 Å². The summed E-state index contributed by atoms with van der Waals surface area (Å²) < 4.78 is 0. The molecule has 0 spiro atoms. The van der Waals surface area contributed by atoms with Crippen molar-refractivity contribution in [3.8, 4) is 0 Å². The second kappa shape index (κ2) is 7.90. The highest BCUT2D eigenvalue weighted by molar-refractivity contribution is 7.09. The maximum Gasteiger partial charge on any atom is 0.251 e. The minimum atomic E-state index is -0.0592. The predicted octanol–water partition coefficient (Wildman–Crippen LogP) is 2.91. The van der Waals surface area contributed by atoms with Crippen LogP contribution in [0, 0.1) is 0 Å². The molecule has 0 fully saturated rings. The Morgan fingerprint density at radius 1 is 1.24 bits per heavy atom. The number of thiazole rings is 1. The highest BCUT2D eigenvalue weighted by Gasteiger charge is 2.08. The smallest absolute Gasteiger partial charge is 0.251 e. The van der Waals surface area contributed by atoms with Gasteiger partial charge in [-0.3, -0.25) is 9.69 Å². The average Bonchev–Trinajstić information content (AvgIpc) is 2.98. The van der Waals surface area contributed by atoms with Crippen LogP contribution in [0.5, 0.6) is 0 Å². The molecule has 1 heterocycles. The standard InChI is InChI=1S/C16H21N3OS/c1-3-19(4-2)11-14-12-21-15(18-14)10-17-16(20)13-8-6-5-7-9-13/h5-9,12H,3-4,10-11H2,1-2H3,(H,17,20). The normalized spacial score (nSPS) is 10.8. The van der Waals surface area contributed by atoms with Crippen LogP contribution in [0.2, 0.25) is 0 Å². The molecule has 1 amide bonds. The number of nitrogens with zero attached hydrogens (tertiary/aromatic N) is 2. The van der Waals surface area contributed by atoms with Gasteiger partial charge >= 0.3 is 0 Å². The largest absolute Gasteiger partial charge is 0.346 e. The van der Waals surface area contributed by atoms with Crippen molar-refractivity contribution in [1.82, 2.24) is 15.2 Å². The predicted molar refractivity (Wildman–Crippen MR) is 86.4 cm³/mol. The number of aromatic nitrogens is 1. The monoisotopic (exact) mass is 303 g/mol. The molecule has 5 heteroatoms. The van der Waals surface area contributed by atoms with Crippen molar-refractivity contribution < 1.29 is 4.79 Å². The molecule has 2 aromatic rings. The maximum absolute atomic E-state index is 12.0. The molecule has 1 aromatic carbocycles. The van der Waals surface area contributed by atoms with Crippen LogP contribution in [0.25, 0.3) is 0 Å². The highest BCUT2D eigenvalue weighted by atomic mass is 32.1. The van der Waals surface area contributed by atoms with Crippen molar-refractivity contribution >= 4 is 17.2 Å². The maximum atomic E-state index is 12.0. The van der Waals surface area contributed by atoms with Crippen molar-refractivity contribution in [2.24, 2.45) is 0 Å². The van der Waals surface area contributed by atoms with Gasteiger partial charge in [0.1, 0.15) is 5.01 Å². The lowest BCUT2D eigenvalue weighted by Crippen LogP contribution is -2.23. The van der Waals surface area contributed by atoms with Gasteiger partial charge in [0, 0.05) is 17.5 Å². The number of hydrogen-bond acceptors (Lipinski definition) is 4. The summed E-state index contributed by atoms with van der Waals surface area (Å²) in [5.41, 5.74) is 1.75. The first-order valence-electron chi connectivity index (χ1n) is 7.21. The van der Waals surface area contributed by atoms with E-state index in [0.29, 0.717) is 12.1 Å². The van der Waals surface area contributed by atoms with Gasteiger partial charge in [-0.25, -0.2) is 4.98 Å². The van der Waals surface area contributed by atoms with Crippen molar-refractivity contribution in [3.05, 3.63) is 52.0 Å². The van der Waals surface area contributed by atoms with E-state index in [2.05, 4.69) is 34.4 Å². The summed E-state index contributed by atoms with van der Waals surface area (Å²) in [5.74, 6) is -0.0592. The fraction of sp³-hybridized carbons (Fsp3) is 0.375. The first-order chi connectivity index (χ1) is 10.2. The number of rotatable bonds is 7. The van der Waals surface area contributed by atoms with E-state index in [-0.39, 0.29) is 5.91 Å². The average molecular weight is 303 g/mol. The molecule has 4 nitrogen and oxygen atoms in total. The number of nitrogens with one attached hydrogen (secondary N) is 1. The lowest BCUT2D eigenvalue weighted by molar-refractivity contribution is 0.0951. The first-order valence-corrected chi connectivity index (χ1v) is 8.09. The lowest BCUT2D eigenvalue weighted by atomic mass is 10.2. The highest BCUT2D eigenvalue weighted by Crippen LogP contribution is 2.12. The summed E-state index contributed by atoms with van der Waals surface area (Å²) in [4.78, 5) is 18.8. The third-order valence-corrected chi connectivity index (χ3v) is 4.21. The molecule has 0 unspecified atom stereocenters. The molecule has 0 aliphatic heterocycles. The molecule has 0 atom stereocenters. The van der Waals surface area contributed by atoms with Gasteiger partial charge in [-0.1, -0.05) is 32.0 Å². The van der Waals surface area contributed by atoms with Crippen LogP contribution in [0.4, 0.5) is 0 Å². The molecular weight excluding hydrogens is 282 g/mol. The van der Waals surface area contributed by atoms with Gasteiger partial charge in [-0.15, -0.1) is 11.3 Å². The molecule has 0 aliphatic rings. The van der Waals surface area contributed by atoms with E-state index in [1.54, 1.807) is 11.3 Å². The Labute approximate surface area is 129 Å². The Morgan fingerprint density at radius 3 is 2.62 bits per heavy atom. The summed E-state index contributed by atoms with van der Waals surface area (Å²) in [5, 5.41) is 5.92. The number of amides is 1. The van der Waals surface area contributed by atoms with Crippen molar-refractivity contribution in [2.45, 2.75) is 26.9 Å². The summed E-state index contributed by atoms with van der Waals surface area (Å²) in [6, 6.07) is 9.24. The molecule has 1 N–H and O–H groups in total.